The van der Waals surface area contributed by atoms with Crippen molar-refractivity contribution in [2.45, 2.75) is 12.8 Å². The predicted molar refractivity (Wildman–Crippen MR) is 110 cm³/mol. The standard InChI is InChI=1S/C21H15F5N2O4S/c22-19(23)32-15-6-4-12(5-7-15)10-16-18(30)28(20(31)33-16)9-8-27-17(29)13-2-1-3-14(11-13)21(24,25)26/h1-7,10-11,19H,8-9H2,(H,27,29). The lowest BCUT2D eigenvalue weighted by Gasteiger charge is -2.13. The average molecular weight is 486 g/mol. The fraction of sp³-hybridized carbons (Fsp3) is 0.190. The van der Waals surface area contributed by atoms with E-state index in [0.717, 1.165) is 17.0 Å². The van der Waals surface area contributed by atoms with Gasteiger partial charge in [-0.3, -0.25) is 19.3 Å². The molecule has 0 radical (unpaired) electrons. The average Bonchev–Trinajstić information content (AvgIpc) is 3.01. The third-order valence-corrected chi connectivity index (χ3v) is 5.26. The molecule has 2 aromatic rings. The van der Waals surface area contributed by atoms with Crippen molar-refractivity contribution in [2.24, 2.45) is 0 Å². The summed E-state index contributed by atoms with van der Waals surface area (Å²) in [6.45, 7) is -3.32. The van der Waals surface area contributed by atoms with E-state index >= 15 is 0 Å². The molecule has 1 aliphatic rings. The molecular weight excluding hydrogens is 471 g/mol. The van der Waals surface area contributed by atoms with Crippen molar-refractivity contribution >= 4 is 34.9 Å². The fourth-order valence-electron chi connectivity index (χ4n) is 2.81. The molecule has 0 unspecified atom stereocenters. The van der Waals surface area contributed by atoms with E-state index in [4.69, 9.17) is 0 Å². The summed E-state index contributed by atoms with van der Waals surface area (Å²) in [7, 11) is 0. The summed E-state index contributed by atoms with van der Waals surface area (Å²) in [5, 5.41) is 1.79. The minimum absolute atomic E-state index is 0.0632. The number of thioether (sulfide) groups is 1. The molecule has 1 heterocycles. The van der Waals surface area contributed by atoms with Crippen LogP contribution in [0.25, 0.3) is 6.08 Å². The Morgan fingerprint density at radius 3 is 2.45 bits per heavy atom. The molecule has 0 saturated carbocycles. The van der Waals surface area contributed by atoms with Crippen molar-refractivity contribution in [3.05, 3.63) is 70.1 Å². The summed E-state index contributed by atoms with van der Waals surface area (Å²) < 4.78 is 67.0. The molecule has 6 nitrogen and oxygen atoms in total. The SMILES string of the molecule is O=C(NCCN1C(=O)SC(=Cc2ccc(OC(F)F)cc2)C1=O)c1cccc(C(F)(F)F)c1. The molecule has 0 spiro atoms. The molecule has 2 aromatic carbocycles. The molecule has 0 aromatic heterocycles. The molecular formula is C21H15F5N2O4S. The second-order valence-electron chi connectivity index (χ2n) is 6.62. The van der Waals surface area contributed by atoms with Gasteiger partial charge in [0.05, 0.1) is 10.5 Å². The molecule has 174 valence electrons. The number of hydrogen-bond acceptors (Lipinski definition) is 5. The van der Waals surface area contributed by atoms with Crippen LogP contribution in [0.15, 0.2) is 53.4 Å². The van der Waals surface area contributed by atoms with E-state index in [1.54, 1.807) is 0 Å². The molecule has 0 atom stereocenters. The molecule has 33 heavy (non-hydrogen) atoms. The van der Waals surface area contributed by atoms with Crippen LogP contribution in [0, 0.1) is 0 Å². The predicted octanol–water partition coefficient (Wildman–Crippen LogP) is 4.77. The minimum atomic E-state index is -4.60. The van der Waals surface area contributed by atoms with Gasteiger partial charge in [-0.2, -0.15) is 22.0 Å². The van der Waals surface area contributed by atoms with Gasteiger partial charge in [-0.15, -0.1) is 0 Å². The lowest BCUT2D eigenvalue weighted by Crippen LogP contribution is -2.37. The van der Waals surface area contributed by atoms with Gasteiger partial charge in [-0.25, -0.2) is 0 Å². The number of halogens is 5. The van der Waals surface area contributed by atoms with Crippen LogP contribution in [-0.2, 0) is 11.0 Å². The van der Waals surface area contributed by atoms with Gasteiger partial charge < -0.3 is 10.1 Å². The minimum Gasteiger partial charge on any atom is -0.435 e. The van der Waals surface area contributed by atoms with Gasteiger partial charge in [0.15, 0.2) is 0 Å². The van der Waals surface area contributed by atoms with Crippen molar-refractivity contribution in [3.63, 3.8) is 0 Å². The van der Waals surface area contributed by atoms with E-state index in [2.05, 4.69) is 10.1 Å². The van der Waals surface area contributed by atoms with Gasteiger partial charge in [-0.05, 0) is 53.7 Å². The summed E-state index contributed by atoms with van der Waals surface area (Å²) in [4.78, 5) is 37.7. The topological polar surface area (TPSA) is 75.7 Å². The third kappa shape index (κ3) is 6.31. The summed E-state index contributed by atoms with van der Waals surface area (Å²) >= 11 is 0.661. The highest BCUT2D eigenvalue weighted by Gasteiger charge is 2.35. The zero-order chi connectivity index (χ0) is 24.2. The first-order valence-corrected chi connectivity index (χ1v) is 10.1. The summed E-state index contributed by atoms with van der Waals surface area (Å²) in [6, 6.07) is 9.29. The van der Waals surface area contributed by atoms with Gasteiger partial charge in [0.1, 0.15) is 5.75 Å². The van der Waals surface area contributed by atoms with Crippen LogP contribution in [-0.4, -0.2) is 41.7 Å². The summed E-state index contributed by atoms with van der Waals surface area (Å²) in [6.07, 6.45) is -3.20. The van der Waals surface area contributed by atoms with E-state index in [-0.39, 0.29) is 29.3 Å². The van der Waals surface area contributed by atoms with Crippen LogP contribution in [0.3, 0.4) is 0 Å². The van der Waals surface area contributed by atoms with E-state index in [9.17, 15) is 36.3 Å². The first-order chi connectivity index (χ1) is 15.5. The van der Waals surface area contributed by atoms with Gasteiger partial charge in [0, 0.05) is 18.7 Å². The maximum Gasteiger partial charge on any atom is 0.416 e. The number of nitrogens with zero attached hydrogens (tertiary/aromatic N) is 1. The van der Waals surface area contributed by atoms with E-state index < -0.39 is 35.4 Å². The quantitative estimate of drug-likeness (QED) is 0.451. The second kappa shape index (κ2) is 10.0. The van der Waals surface area contributed by atoms with Gasteiger partial charge in [0.2, 0.25) is 0 Å². The van der Waals surface area contributed by atoms with Gasteiger partial charge in [0.25, 0.3) is 17.1 Å². The lowest BCUT2D eigenvalue weighted by atomic mass is 10.1. The number of hydrogen-bond donors (Lipinski definition) is 1. The largest absolute Gasteiger partial charge is 0.435 e. The Kier molecular flexibility index (Phi) is 7.36. The van der Waals surface area contributed by atoms with Crippen LogP contribution < -0.4 is 10.1 Å². The summed E-state index contributed by atoms with van der Waals surface area (Å²) in [5.74, 6) is -1.47. The van der Waals surface area contributed by atoms with E-state index in [1.165, 1.54) is 36.4 Å². The number of alkyl halides is 5. The zero-order valence-corrected chi connectivity index (χ0v) is 17.4. The molecule has 12 heteroatoms. The number of nitrogens with one attached hydrogen (secondary N) is 1. The first kappa shape index (κ1) is 24.2. The Bertz CT molecular complexity index is 1090. The maximum atomic E-state index is 12.8. The molecule has 3 amide bonds. The second-order valence-corrected chi connectivity index (χ2v) is 7.61. The third-order valence-electron chi connectivity index (χ3n) is 4.35. The summed E-state index contributed by atoms with van der Waals surface area (Å²) in [5.41, 5.74) is -0.710. The van der Waals surface area contributed by atoms with Crippen LogP contribution in [0.5, 0.6) is 5.75 Å². The highest BCUT2D eigenvalue weighted by molar-refractivity contribution is 8.18. The Labute approximate surface area is 188 Å². The Balaban J connectivity index is 1.58. The smallest absolute Gasteiger partial charge is 0.416 e. The van der Waals surface area contributed by atoms with Crippen molar-refractivity contribution in [1.82, 2.24) is 10.2 Å². The normalized spacial score (nSPS) is 15.5. The molecule has 1 N–H and O–H groups in total. The van der Waals surface area contributed by atoms with Crippen molar-refractivity contribution < 1.29 is 41.1 Å². The Morgan fingerprint density at radius 2 is 1.82 bits per heavy atom. The molecule has 1 fully saturated rings. The van der Waals surface area contributed by atoms with Gasteiger partial charge in [-0.1, -0.05) is 18.2 Å². The van der Waals surface area contributed by atoms with E-state index in [0.29, 0.717) is 23.4 Å². The maximum absolute atomic E-state index is 12.8. The van der Waals surface area contributed by atoms with E-state index in [1.807, 2.05) is 0 Å². The number of rotatable bonds is 7. The van der Waals surface area contributed by atoms with Crippen molar-refractivity contribution in [2.75, 3.05) is 13.1 Å². The highest BCUT2D eigenvalue weighted by atomic mass is 32.2. The van der Waals surface area contributed by atoms with Crippen molar-refractivity contribution in [1.29, 1.82) is 0 Å². The zero-order valence-electron chi connectivity index (χ0n) is 16.6. The molecule has 1 saturated heterocycles. The van der Waals surface area contributed by atoms with Crippen LogP contribution in [0.2, 0.25) is 0 Å². The molecule has 0 bridgehead atoms. The van der Waals surface area contributed by atoms with Crippen LogP contribution in [0.1, 0.15) is 21.5 Å². The van der Waals surface area contributed by atoms with Crippen LogP contribution in [0.4, 0.5) is 26.7 Å². The van der Waals surface area contributed by atoms with Gasteiger partial charge >= 0.3 is 12.8 Å². The molecule has 1 aliphatic heterocycles. The number of imide groups is 1. The van der Waals surface area contributed by atoms with Crippen LogP contribution >= 0.6 is 11.8 Å². The molecule has 0 aliphatic carbocycles. The number of benzene rings is 2. The number of carbonyl (C=O) groups excluding carboxylic acids is 3. The number of ether oxygens (including phenoxy) is 1. The molecule has 3 rings (SSSR count). The number of carbonyl (C=O) groups is 3. The fourth-order valence-corrected chi connectivity index (χ4v) is 3.67. The Morgan fingerprint density at radius 1 is 1.12 bits per heavy atom. The lowest BCUT2D eigenvalue weighted by molar-refractivity contribution is -0.137. The Hall–Kier alpha value is -3.41. The first-order valence-electron chi connectivity index (χ1n) is 9.30. The monoisotopic (exact) mass is 486 g/mol. The highest BCUT2D eigenvalue weighted by Crippen LogP contribution is 2.32. The van der Waals surface area contributed by atoms with Crippen molar-refractivity contribution in [3.8, 4) is 5.75 Å². The number of amides is 3.